The van der Waals surface area contributed by atoms with Gasteiger partial charge in [-0.2, -0.15) is 111 Å². The number of anilines is 3. The van der Waals surface area contributed by atoms with Crippen molar-refractivity contribution < 1.29 is 83.6 Å². The Labute approximate surface area is 838 Å². The molecular weight excluding hydrogens is 2170 g/mol. The van der Waals surface area contributed by atoms with Crippen LogP contribution >= 0.6 is 34.0 Å². The van der Waals surface area contributed by atoms with Gasteiger partial charge in [0.25, 0.3) is 0 Å². The molecule has 21 rings (SSSR count). The maximum Gasteiger partial charge on any atom is 3.00 e. The smallest absolute Gasteiger partial charge is 0.510 e. The standard InChI is InChI=1S/3C27H25N2S.3C10H10N2.3Ir/c3*1-17(2)21-16-22-20-12-8-9-13-23(20)30-26(22)24(18(3)4)25(21)29-15-14-28-27(29)19-10-6-5-7-11-19;3*1-11-7-8-12(9-11)10-5-3-2-4-6-10;;;/h3*5-10,12-18H,1-4H3;3*2-5,7-9H,1H3;;;/q3*-1;3*-2;3*+3/i1D3,2D3,3D3,17D,18D;;;2*1D3;;;;. The Kier molecular flexibility index (Phi) is 25.2. The first-order valence-corrected chi connectivity index (χ1v) is 44.1. The molecule has 0 bridgehead atoms. The number of para-hydroxylation sites is 3. The van der Waals surface area contributed by atoms with Crippen LogP contribution in [-0.2, 0) is 60.3 Å². The van der Waals surface area contributed by atoms with E-state index >= 15 is 0 Å². The fourth-order valence-corrected chi connectivity index (χ4v) is 19.8. The zero-order chi connectivity index (χ0) is 102. The second-order valence-corrected chi connectivity index (χ2v) is 34.7. The minimum atomic E-state index is -3.37. The van der Waals surface area contributed by atoms with Crippen LogP contribution in [0.15, 0.2) is 311 Å². The predicted octanol–water partition coefficient (Wildman–Crippen LogP) is 29.3. The first-order valence-electron chi connectivity index (χ1n) is 50.2. The Bertz CT molecular complexity index is 7270. The maximum atomic E-state index is 9.27. The van der Waals surface area contributed by atoms with Gasteiger partial charge in [0.1, 0.15) is 0 Å². The van der Waals surface area contributed by atoms with E-state index in [2.05, 4.69) is 191 Å². The first kappa shape index (κ1) is 74.7. The molecule has 9 heterocycles. The summed E-state index contributed by atoms with van der Waals surface area (Å²) < 4.78 is 149. The largest absolute Gasteiger partial charge is 3.00 e. The molecule has 0 spiro atoms. The Balaban J connectivity index is 0.000000153. The molecule has 129 heavy (non-hydrogen) atoms. The molecule has 1 atom stereocenters. The summed E-state index contributed by atoms with van der Waals surface area (Å²) in [5.74, 6) is -1.87. The van der Waals surface area contributed by atoms with Crippen molar-refractivity contribution in [3.05, 3.63) is 401 Å². The van der Waals surface area contributed by atoms with Crippen molar-refractivity contribution in [3.63, 3.8) is 0 Å². The number of hydrogen-bond donors (Lipinski definition) is 0. The molecule has 12 aromatic carbocycles. The quantitative estimate of drug-likeness (QED) is 0.0933. The summed E-state index contributed by atoms with van der Waals surface area (Å²) in [5.41, 5.74) is 12.6. The van der Waals surface area contributed by atoms with Gasteiger partial charge in [0, 0.05) is 138 Å². The summed E-state index contributed by atoms with van der Waals surface area (Å²) in [7, 11) is 2.00. The average Bonchev–Trinajstić information content (AvgIpc) is 1.40. The average molecular weight is 2300 g/mol. The number of benzene rings is 12. The summed E-state index contributed by atoms with van der Waals surface area (Å²) in [6.45, 7) is 10.7. The third-order valence-corrected chi connectivity index (χ3v) is 25.2. The van der Waals surface area contributed by atoms with Gasteiger partial charge in [-0.25, -0.2) is 0 Å². The summed E-state index contributed by atoms with van der Waals surface area (Å²) in [4.78, 5) is 23.7. The Hall–Kier alpha value is -11.1. The van der Waals surface area contributed by atoms with E-state index in [1.54, 1.807) is 76.8 Å². The van der Waals surface area contributed by atoms with Crippen LogP contribution in [0, 0.1) is 56.4 Å². The molecule has 0 N–H and O–H groups in total. The molecule has 12 nitrogen and oxygen atoms in total. The van der Waals surface area contributed by atoms with Gasteiger partial charge in [0.15, 0.2) is 0 Å². The molecule has 1 unspecified atom stereocenters. The van der Waals surface area contributed by atoms with Crippen molar-refractivity contribution in [1.29, 1.82) is 0 Å². The number of nitrogens with zero attached hydrogens (tertiary/aromatic N) is 12. The fraction of sp³-hybridized carbons (Fsp3) is 0.189. The van der Waals surface area contributed by atoms with Crippen molar-refractivity contribution in [2.45, 2.75) is 118 Å². The van der Waals surface area contributed by atoms with Crippen molar-refractivity contribution in [2.75, 3.05) is 35.7 Å². The van der Waals surface area contributed by atoms with Gasteiger partial charge < -0.3 is 43.1 Å². The Morgan fingerprint density at radius 1 is 0.326 bits per heavy atom. The van der Waals surface area contributed by atoms with E-state index < -0.39 is 51.9 Å². The molecule has 0 aliphatic carbocycles. The normalized spacial score (nSPS) is 15.7. The van der Waals surface area contributed by atoms with E-state index in [0.29, 0.717) is 44.7 Å². The van der Waals surface area contributed by atoms with E-state index in [4.69, 9.17) is 30.5 Å². The second kappa shape index (κ2) is 43.5. The molecule has 654 valence electrons. The van der Waals surface area contributed by atoms with E-state index in [1.807, 2.05) is 174 Å². The summed E-state index contributed by atoms with van der Waals surface area (Å²) >= 11 is 5.04. The Morgan fingerprint density at radius 2 is 0.628 bits per heavy atom. The molecule has 18 aromatic rings. The summed E-state index contributed by atoms with van der Waals surface area (Å²) in [6, 6.07) is 95.5. The minimum absolute atomic E-state index is 0. The third-order valence-electron chi connectivity index (χ3n) is 21.5. The summed E-state index contributed by atoms with van der Waals surface area (Å²) in [5, 5.41) is 6.47. The van der Waals surface area contributed by atoms with Gasteiger partial charge in [-0.15, -0.1) is 159 Å². The van der Waals surface area contributed by atoms with Crippen LogP contribution in [0.3, 0.4) is 0 Å². The number of thiophene rings is 3. The van der Waals surface area contributed by atoms with Crippen LogP contribution < -0.4 is 14.7 Å². The molecule has 3 aliphatic heterocycles. The van der Waals surface area contributed by atoms with E-state index in [1.165, 1.54) is 151 Å². The van der Waals surface area contributed by atoms with Crippen LogP contribution in [0.5, 0.6) is 0 Å². The summed E-state index contributed by atoms with van der Waals surface area (Å²) in [6.07, 6.45) is 21.3. The zero-order valence-electron chi connectivity index (χ0n) is 89.6. The minimum Gasteiger partial charge on any atom is -0.510 e. The predicted molar refractivity (Wildman–Crippen MR) is 534 cm³/mol. The zero-order valence-corrected chi connectivity index (χ0v) is 82.2. The molecular formula is C111H105Ir3N12S3. The van der Waals surface area contributed by atoms with Crippen molar-refractivity contribution in [3.8, 4) is 51.2 Å². The van der Waals surface area contributed by atoms with Gasteiger partial charge >= 0.3 is 60.3 Å². The van der Waals surface area contributed by atoms with Crippen LogP contribution in [0.4, 0.5) is 17.1 Å². The number of imidazole rings is 3. The fourth-order valence-electron chi connectivity index (χ4n) is 15.8. The van der Waals surface area contributed by atoms with Crippen molar-refractivity contribution in [1.82, 2.24) is 43.4 Å². The maximum absolute atomic E-state index is 9.27. The Morgan fingerprint density at radius 3 is 0.922 bits per heavy atom. The molecule has 18 heteroatoms. The van der Waals surface area contributed by atoms with Gasteiger partial charge in [0.05, 0.1) is 17.5 Å². The van der Waals surface area contributed by atoms with Crippen LogP contribution in [0.1, 0.15) is 175 Å². The van der Waals surface area contributed by atoms with E-state index in [0.717, 1.165) is 44.5 Å². The monoisotopic (exact) mass is 2300 g/mol. The molecule has 6 aromatic heterocycles. The third kappa shape index (κ3) is 21.0. The van der Waals surface area contributed by atoms with Gasteiger partial charge in [0.2, 0.25) is 0 Å². The van der Waals surface area contributed by atoms with Crippen molar-refractivity contribution >= 4 is 112 Å². The topological polar surface area (TPSA) is 72.9 Å². The molecule has 0 fully saturated rings. The second-order valence-electron chi connectivity index (χ2n) is 31.5. The van der Waals surface area contributed by atoms with Crippen LogP contribution in [-0.4, -0.2) is 64.4 Å². The van der Waals surface area contributed by atoms with Crippen molar-refractivity contribution in [2.24, 2.45) is 0 Å². The molecule has 0 amide bonds. The van der Waals surface area contributed by atoms with E-state index in [-0.39, 0.29) is 77.4 Å². The van der Waals surface area contributed by atoms with Crippen LogP contribution in [0.2, 0.25) is 0 Å². The van der Waals surface area contributed by atoms with E-state index in [9.17, 15) is 2.74 Å². The molecule has 3 aliphatic rings. The number of hydrogen-bond acceptors (Lipinski definition) is 12. The number of rotatable bonds is 15. The molecule has 0 saturated heterocycles. The molecule has 0 radical (unpaired) electrons. The SMILES string of the molecule is CC(C)c1cc2c(sc3ccccc32)c(C(C)C)c1-n1ccnc1-c1[c-]cccc1.CC(C)c1cc2c(sc3ccccc32)c(C(C)C)c1-n1ccnc1-c1[c-]cccc1.CN1C=CN(c2[c-]cccc2)[CH-]1.[2H]C([2H])([2H])C([2H])(C)c1c(-n2ccnc2-c2[c-]cccc2)c(C([2H])(C([2H])([2H])[2H])C([2H])([2H])[2H])cc2c1sc1ccccc12.[2H]C([2H])([2H])N1C=CN(c2[c-]cccc2)[CH-]1.[2H]C([2H])([2H])N1C=CN(c2[c-]cccc2)[CH-]1.[Ir+3].[Ir+3].[Ir+3]. The molecule has 0 saturated carbocycles. The van der Waals surface area contributed by atoms with Gasteiger partial charge in [-0.05, 0) is 163 Å². The first-order chi connectivity index (χ1) is 68.0. The number of fused-ring (bicyclic) bond motifs is 9. The van der Waals surface area contributed by atoms with Crippen LogP contribution in [0.25, 0.3) is 112 Å². The van der Waals surface area contributed by atoms with Gasteiger partial charge in [-0.1, -0.05) is 137 Å². The number of aromatic nitrogens is 6. The van der Waals surface area contributed by atoms with Gasteiger partial charge in [-0.3, -0.25) is 15.0 Å².